The second kappa shape index (κ2) is 8.68. The molecule has 6 nitrogen and oxygen atoms in total. The van der Waals surface area contributed by atoms with Gasteiger partial charge >= 0.3 is 0 Å². The lowest BCUT2D eigenvalue weighted by atomic mass is 9.79. The van der Waals surface area contributed by atoms with Crippen molar-refractivity contribution in [2.45, 2.75) is 59.3 Å². The summed E-state index contributed by atoms with van der Waals surface area (Å²) in [6.45, 7) is 8.65. The highest BCUT2D eigenvalue weighted by atomic mass is 32.1. The lowest BCUT2D eigenvalue weighted by Crippen LogP contribution is -2.31. The number of nitrogens with zero attached hydrogens (tertiary/aromatic N) is 3. The smallest absolute Gasteiger partial charge is 0.252 e. The summed E-state index contributed by atoms with van der Waals surface area (Å²) in [4.78, 5) is 22.9. The first-order chi connectivity index (χ1) is 14.4. The van der Waals surface area contributed by atoms with Crippen molar-refractivity contribution in [2.24, 2.45) is 5.92 Å². The molecule has 0 radical (unpaired) electrons. The summed E-state index contributed by atoms with van der Waals surface area (Å²) in [6.07, 6.45) is 6.10. The van der Waals surface area contributed by atoms with Gasteiger partial charge in [-0.2, -0.15) is 0 Å². The zero-order valence-corrected chi connectivity index (χ0v) is 18.8. The van der Waals surface area contributed by atoms with E-state index in [1.165, 1.54) is 4.88 Å². The minimum Gasteiger partial charge on any atom is -0.356 e. The zero-order valence-electron chi connectivity index (χ0n) is 18.0. The van der Waals surface area contributed by atoms with Gasteiger partial charge in [0.1, 0.15) is 5.82 Å². The summed E-state index contributed by atoms with van der Waals surface area (Å²) >= 11 is 1.64. The molecule has 0 aromatic carbocycles. The summed E-state index contributed by atoms with van der Waals surface area (Å²) in [7, 11) is 0. The molecule has 0 bridgehead atoms. The number of thiophene rings is 1. The summed E-state index contributed by atoms with van der Waals surface area (Å²) in [5.74, 6) is 2.44. The van der Waals surface area contributed by atoms with Crippen LogP contribution in [0.25, 0.3) is 11.3 Å². The molecule has 1 N–H and O–H groups in total. The minimum absolute atomic E-state index is 0.0494. The third kappa shape index (κ3) is 4.31. The molecule has 0 saturated heterocycles. The largest absolute Gasteiger partial charge is 0.356 e. The highest BCUT2D eigenvalue weighted by Gasteiger charge is 2.27. The molecule has 7 heteroatoms. The zero-order chi connectivity index (χ0) is 21.3. The van der Waals surface area contributed by atoms with Crippen LogP contribution in [0.3, 0.4) is 0 Å². The maximum absolute atomic E-state index is 12.5. The predicted molar refractivity (Wildman–Crippen MR) is 118 cm³/mol. The molecule has 1 saturated carbocycles. The molecule has 4 rings (SSSR count). The third-order valence-corrected chi connectivity index (χ3v) is 7.16. The van der Waals surface area contributed by atoms with E-state index in [1.54, 1.807) is 11.3 Å². The van der Waals surface area contributed by atoms with Crippen molar-refractivity contribution in [3.05, 3.63) is 50.9 Å². The minimum atomic E-state index is 0.0494. The highest BCUT2D eigenvalue weighted by molar-refractivity contribution is 7.10. The van der Waals surface area contributed by atoms with Crippen molar-refractivity contribution in [3.63, 3.8) is 0 Å². The van der Waals surface area contributed by atoms with Gasteiger partial charge in [0.25, 0.3) is 5.91 Å². The van der Waals surface area contributed by atoms with Gasteiger partial charge in [-0.25, -0.2) is 9.97 Å². The van der Waals surface area contributed by atoms with Crippen LogP contribution in [0.5, 0.6) is 0 Å². The fourth-order valence-electron chi connectivity index (χ4n) is 4.19. The van der Waals surface area contributed by atoms with E-state index in [4.69, 9.17) is 9.51 Å². The standard InChI is InChI=1S/C23H28N4O2S/c1-13-9-21(29-27-13)19-11-24-16(4)26-22(19)18-7-5-17(6-8-18)10-25-23(28)20-12-30-15(3)14(20)2/h9,11-12,17-18H,5-8,10H2,1-4H3,(H,25,28). The quantitative estimate of drug-likeness (QED) is 0.614. The summed E-state index contributed by atoms with van der Waals surface area (Å²) < 4.78 is 5.48. The molecule has 1 fully saturated rings. The molecular weight excluding hydrogens is 396 g/mol. The van der Waals surface area contributed by atoms with E-state index in [1.807, 2.05) is 38.4 Å². The van der Waals surface area contributed by atoms with Gasteiger partial charge in [-0.15, -0.1) is 11.3 Å². The number of nitrogens with one attached hydrogen (secondary N) is 1. The second-order valence-electron chi connectivity index (χ2n) is 8.31. The van der Waals surface area contributed by atoms with Crippen LogP contribution in [-0.2, 0) is 0 Å². The summed E-state index contributed by atoms with van der Waals surface area (Å²) in [5, 5.41) is 9.12. The number of aryl methyl sites for hydroxylation is 3. The van der Waals surface area contributed by atoms with Crippen molar-refractivity contribution in [2.75, 3.05) is 6.54 Å². The van der Waals surface area contributed by atoms with Gasteiger partial charge in [-0.1, -0.05) is 5.16 Å². The van der Waals surface area contributed by atoms with Crippen molar-refractivity contribution < 1.29 is 9.32 Å². The first-order valence-corrected chi connectivity index (χ1v) is 11.4. The second-order valence-corrected chi connectivity index (χ2v) is 9.39. The normalized spacial score (nSPS) is 19.1. The van der Waals surface area contributed by atoms with Crippen LogP contribution in [0, 0.1) is 33.6 Å². The van der Waals surface area contributed by atoms with Gasteiger partial charge in [0, 0.05) is 35.0 Å². The monoisotopic (exact) mass is 424 g/mol. The molecule has 1 aliphatic carbocycles. The molecule has 1 aliphatic rings. The van der Waals surface area contributed by atoms with Crippen molar-refractivity contribution in [3.8, 4) is 11.3 Å². The molecule has 0 unspecified atom stereocenters. The fraction of sp³-hybridized carbons (Fsp3) is 0.478. The van der Waals surface area contributed by atoms with Gasteiger partial charge < -0.3 is 9.84 Å². The molecule has 0 atom stereocenters. The fourth-order valence-corrected chi connectivity index (χ4v) is 5.05. The Morgan fingerprint density at radius 1 is 1.20 bits per heavy atom. The van der Waals surface area contributed by atoms with E-state index in [-0.39, 0.29) is 5.91 Å². The van der Waals surface area contributed by atoms with E-state index in [9.17, 15) is 4.79 Å². The molecule has 158 valence electrons. The van der Waals surface area contributed by atoms with Crippen LogP contribution in [-0.4, -0.2) is 27.6 Å². The van der Waals surface area contributed by atoms with Crippen LogP contribution >= 0.6 is 11.3 Å². The Balaban J connectivity index is 1.39. The molecule has 3 aromatic rings. The van der Waals surface area contributed by atoms with E-state index in [2.05, 4.69) is 22.4 Å². The molecule has 30 heavy (non-hydrogen) atoms. The van der Waals surface area contributed by atoms with Crippen molar-refractivity contribution >= 4 is 17.2 Å². The number of aromatic nitrogens is 3. The number of amides is 1. The lowest BCUT2D eigenvalue weighted by Gasteiger charge is -2.29. The maximum Gasteiger partial charge on any atom is 0.252 e. The molecule has 1 amide bonds. The van der Waals surface area contributed by atoms with Crippen molar-refractivity contribution in [1.29, 1.82) is 0 Å². The molecule has 0 aliphatic heterocycles. The lowest BCUT2D eigenvalue weighted by molar-refractivity contribution is 0.0942. The van der Waals surface area contributed by atoms with Crippen LogP contribution in [0.1, 0.15) is 69.6 Å². The Morgan fingerprint density at radius 3 is 2.60 bits per heavy atom. The Bertz CT molecular complexity index is 1050. The predicted octanol–water partition coefficient (Wildman–Crippen LogP) is 5.13. The van der Waals surface area contributed by atoms with Crippen LogP contribution in [0.15, 0.2) is 22.2 Å². The Kier molecular flexibility index (Phi) is 5.99. The molecule has 3 aromatic heterocycles. The number of hydrogen-bond donors (Lipinski definition) is 1. The number of carbonyl (C=O) groups is 1. The summed E-state index contributed by atoms with van der Waals surface area (Å²) in [6, 6.07) is 1.94. The van der Waals surface area contributed by atoms with Gasteiger partial charge in [-0.3, -0.25) is 4.79 Å². The van der Waals surface area contributed by atoms with E-state index in [0.717, 1.165) is 71.9 Å². The van der Waals surface area contributed by atoms with Gasteiger partial charge in [0.05, 0.1) is 22.5 Å². The van der Waals surface area contributed by atoms with Gasteiger partial charge in [0.15, 0.2) is 5.76 Å². The number of carbonyl (C=O) groups excluding carboxylic acids is 1. The van der Waals surface area contributed by atoms with E-state index < -0.39 is 0 Å². The van der Waals surface area contributed by atoms with E-state index >= 15 is 0 Å². The summed E-state index contributed by atoms with van der Waals surface area (Å²) in [5.41, 5.74) is 4.77. The number of hydrogen-bond acceptors (Lipinski definition) is 6. The highest BCUT2D eigenvalue weighted by Crippen LogP contribution is 2.39. The maximum atomic E-state index is 12.5. The Hall–Kier alpha value is -2.54. The Labute approximate surface area is 181 Å². The molecule has 0 spiro atoms. The average molecular weight is 425 g/mol. The first-order valence-electron chi connectivity index (χ1n) is 10.5. The van der Waals surface area contributed by atoms with Crippen LogP contribution in [0.4, 0.5) is 0 Å². The Morgan fingerprint density at radius 2 is 1.97 bits per heavy atom. The van der Waals surface area contributed by atoms with Gasteiger partial charge in [-0.05, 0) is 64.9 Å². The first kappa shape index (κ1) is 20.7. The number of rotatable bonds is 5. The van der Waals surface area contributed by atoms with E-state index in [0.29, 0.717) is 11.8 Å². The third-order valence-electron chi connectivity index (χ3n) is 6.15. The van der Waals surface area contributed by atoms with Crippen LogP contribution < -0.4 is 5.32 Å². The molecule has 3 heterocycles. The SMILES string of the molecule is Cc1cc(-c2cnc(C)nc2C2CCC(CNC(=O)c3csc(C)c3C)CC2)on1. The van der Waals surface area contributed by atoms with Crippen molar-refractivity contribution in [1.82, 2.24) is 20.4 Å². The molecular formula is C23H28N4O2S. The topological polar surface area (TPSA) is 80.9 Å². The van der Waals surface area contributed by atoms with Gasteiger partial charge in [0.2, 0.25) is 0 Å². The van der Waals surface area contributed by atoms with Crippen LogP contribution in [0.2, 0.25) is 0 Å². The average Bonchev–Trinajstić information content (AvgIpc) is 3.32.